The number of esters is 1. The van der Waals surface area contributed by atoms with Gasteiger partial charge in [-0.05, 0) is 95.8 Å². The van der Waals surface area contributed by atoms with Crippen LogP contribution in [0, 0.1) is 35.5 Å². The smallest absolute Gasteiger partial charge is 0.408 e. The molecular formula is C34H60N4O7. The van der Waals surface area contributed by atoms with E-state index < -0.39 is 58.5 Å². The quantitative estimate of drug-likeness (QED) is 0.258. The SMILES string of the molecule is COC(=O)[C@@H](C)NC(=O)[C@]1(NC(=O)[C@H](C)NC(=O)[C@]2(NC(=O)OC(C)(C)C)C[C@H](C)CC[C@H]2C(C)C)C[C@H](C)CC[C@H]1C(C)C. The van der Waals surface area contributed by atoms with Crippen molar-refractivity contribution in [3.05, 3.63) is 0 Å². The Kier molecular flexibility index (Phi) is 12.9. The van der Waals surface area contributed by atoms with Crippen molar-refractivity contribution in [2.24, 2.45) is 35.5 Å². The molecule has 0 aromatic carbocycles. The number of hydrogen-bond acceptors (Lipinski definition) is 7. The molecule has 0 heterocycles. The summed E-state index contributed by atoms with van der Waals surface area (Å²) in [7, 11) is 1.26. The lowest BCUT2D eigenvalue weighted by atomic mass is 9.64. The summed E-state index contributed by atoms with van der Waals surface area (Å²) in [5.74, 6) is -1.95. The van der Waals surface area contributed by atoms with Crippen LogP contribution in [-0.2, 0) is 28.7 Å². The molecular weight excluding hydrogens is 576 g/mol. The number of amides is 4. The van der Waals surface area contributed by atoms with Crippen LogP contribution in [0.4, 0.5) is 4.79 Å². The second-order valence-electron chi connectivity index (χ2n) is 15.4. The van der Waals surface area contributed by atoms with Crippen LogP contribution in [0.25, 0.3) is 0 Å². The number of carbonyl (C=O) groups excluding carboxylic acids is 5. The van der Waals surface area contributed by atoms with Gasteiger partial charge in [0.1, 0.15) is 28.8 Å². The Morgan fingerprint density at radius 2 is 1.11 bits per heavy atom. The molecule has 2 rings (SSSR count). The zero-order valence-corrected chi connectivity index (χ0v) is 29.7. The molecule has 0 aromatic rings. The predicted molar refractivity (Wildman–Crippen MR) is 173 cm³/mol. The monoisotopic (exact) mass is 636 g/mol. The van der Waals surface area contributed by atoms with Gasteiger partial charge in [-0.3, -0.25) is 14.4 Å². The first-order valence-corrected chi connectivity index (χ1v) is 16.7. The molecule has 0 unspecified atom stereocenters. The maximum absolute atomic E-state index is 14.3. The maximum atomic E-state index is 14.3. The summed E-state index contributed by atoms with van der Waals surface area (Å²) in [5, 5.41) is 11.7. The van der Waals surface area contributed by atoms with E-state index in [9.17, 15) is 24.0 Å². The topological polar surface area (TPSA) is 152 Å². The van der Waals surface area contributed by atoms with E-state index in [1.807, 2.05) is 34.6 Å². The van der Waals surface area contributed by atoms with Gasteiger partial charge in [-0.15, -0.1) is 0 Å². The van der Waals surface area contributed by atoms with Gasteiger partial charge in [0.25, 0.3) is 0 Å². The fourth-order valence-corrected chi connectivity index (χ4v) is 7.52. The molecule has 0 spiro atoms. The van der Waals surface area contributed by atoms with Crippen molar-refractivity contribution in [2.45, 2.75) is 143 Å². The van der Waals surface area contributed by atoms with E-state index in [1.165, 1.54) is 7.11 Å². The molecule has 8 atom stereocenters. The standard InChI is InChI=1S/C34H60N4O7/c1-19(2)25-15-13-21(5)17-33(25,29(41)36-24(8)28(40)44-12)37-27(39)23(7)35-30(42)34(38-31(43)45-32(9,10)11)18-22(6)14-16-26(34)20(3)4/h19-26H,13-18H2,1-12H3,(H,35,42)(H,36,41)(H,37,39)(H,38,43)/t21-,22-,23+,24-,25+,26+,33+,34+/m1/s1. The van der Waals surface area contributed by atoms with Crippen molar-refractivity contribution >= 4 is 29.8 Å². The van der Waals surface area contributed by atoms with Crippen LogP contribution in [0.5, 0.6) is 0 Å². The lowest BCUT2D eigenvalue weighted by molar-refractivity contribution is -0.148. The lowest BCUT2D eigenvalue weighted by Gasteiger charge is -2.48. The Labute approximate surface area is 270 Å². The van der Waals surface area contributed by atoms with Gasteiger partial charge in [-0.1, -0.05) is 54.4 Å². The van der Waals surface area contributed by atoms with Gasteiger partial charge in [0.2, 0.25) is 17.7 Å². The summed E-state index contributed by atoms with van der Waals surface area (Å²) in [4.78, 5) is 67.6. The van der Waals surface area contributed by atoms with Crippen molar-refractivity contribution in [1.82, 2.24) is 21.3 Å². The molecule has 0 aliphatic heterocycles. The molecule has 4 amide bonds. The van der Waals surface area contributed by atoms with E-state index in [-0.39, 0.29) is 35.5 Å². The predicted octanol–water partition coefficient (Wildman–Crippen LogP) is 4.47. The maximum Gasteiger partial charge on any atom is 0.408 e. The molecule has 0 bridgehead atoms. The summed E-state index contributed by atoms with van der Waals surface area (Å²) in [6.45, 7) is 20.6. The molecule has 2 saturated carbocycles. The zero-order valence-electron chi connectivity index (χ0n) is 29.7. The Morgan fingerprint density at radius 3 is 1.51 bits per heavy atom. The third-order valence-electron chi connectivity index (χ3n) is 9.68. The van der Waals surface area contributed by atoms with E-state index >= 15 is 0 Å². The first kappa shape index (κ1) is 38.3. The second kappa shape index (κ2) is 15.2. The highest BCUT2D eigenvalue weighted by Crippen LogP contribution is 2.43. The van der Waals surface area contributed by atoms with Crippen molar-refractivity contribution in [3.8, 4) is 0 Å². The average Bonchev–Trinajstić information content (AvgIpc) is 2.90. The minimum absolute atomic E-state index is 0.0544. The van der Waals surface area contributed by atoms with E-state index in [0.29, 0.717) is 12.8 Å². The molecule has 45 heavy (non-hydrogen) atoms. The van der Waals surface area contributed by atoms with Crippen LogP contribution in [0.1, 0.15) is 115 Å². The molecule has 2 aliphatic carbocycles. The number of nitrogens with one attached hydrogen (secondary N) is 4. The van der Waals surface area contributed by atoms with Crippen molar-refractivity contribution < 1.29 is 33.4 Å². The van der Waals surface area contributed by atoms with Crippen LogP contribution >= 0.6 is 0 Å². The van der Waals surface area contributed by atoms with Crippen LogP contribution in [-0.4, -0.2) is 65.7 Å². The van der Waals surface area contributed by atoms with Crippen molar-refractivity contribution in [3.63, 3.8) is 0 Å². The molecule has 2 aliphatic rings. The van der Waals surface area contributed by atoms with Gasteiger partial charge in [0, 0.05) is 0 Å². The average molecular weight is 637 g/mol. The van der Waals surface area contributed by atoms with E-state index in [0.717, 1.165) is 25.7 Å². The minimum Gasteiger partial charge on any atom is -0.467 e. The molecule has 0 saturated heterocycles. The van der Waals surface area contributed by atoms with Gasteiger partial charge in [0.15, 0.2) is 0 Å². The summed E-state index contributed by atoms with van der Waals surface area (Å²) in [6.07, 6.45) is 3.38. The Hall–Kier alpha value is -2.85. The fraction of sp³-hybridized carbons (Fsp3) is 0.853. The van der Waals surface area contributed by atoms with E-state index in [4.69, 9.17) is 9.47 Å². The molecule has 2 fully saturated rings. The zero-order chi connectivity index (χ0) is 34.5. The molecule has 0 aromatic heterocycles. The number of methoxy groups -OCH3 is 1. The number of ether oxygens (including phenoxy) is 2. The molecule has 0 radical (unpaired) electrons. The summed E-state index contributed by atoms with van der Waals surface area (Å²) in [6, 6.07) is -1.92. The van der Waals surface area contributed by atoms with Crippen LogP contribution in [0.2, 0.25) is 0 Å². The molecule has 4 N–H and O–H groups in total. The summed E-state index contributed by atoms with van der Waals surface area (Å²) < 4.78 is 10.4. The van der Waals surface area contributed by atoms with E-state index in [2.05, 4.69) is 28.2 Å². The fourth-order valence-electron chi connectivity index (χ4n) is 7.52. The van der Waals surface area contributed by atoms with Gasteiger partial charge in [0.05, 0.1) is 7.11 Å². The number of carbonyl (C=O) groups is 5. The highest BCUT2D eigenvalue weighted by molar-refractivity contribution is 5.98. The minimum atomic E-state index is -1.30. The lowest BCUT2D eigenvalue weighted by Crippen LogP contribution is -2.70. The Balaban J connectivity index is 2.44. The van der Waals surface area contributed by atoms with Crippen molar-refractivity contribution in [1.29, 1.82) is 0 Å². The number of rotatable bonds is 10. The highest BCUT2D eigenvalue weighted by Gasteiger charge is 2.54. The van der Waals surface area contributed by atoms with Gasteiger partial charge in [-0.25, -0.2) is 9.59 Å². The third kappa shape index (κ3) is 9.35. The Morgan fingerprint density at radius 1 is 0.689 bits per heavy atom. The van der Waals surface area contributed by atoms with Crippen LogP contribution in [0.3, 0.4) is 0 Å². The first-order chi connectivity index (χ1) is 20.7. The normalized spacial score (nSPS) is 30.1. The molecule has 258 valence electrons. The first-order valence-electron chi connectivity index (χ1n) is 16.7. The van der Waals surface area contributed by atoms with Gasteiger partial charge < -0.3 is 30.7 Å². The summed E-state index contributed by atoms with van der Waals surface area (Å²) >= 11 is 0. The van der Waals surface area contributed by atoms with Crippen LogP contribution < -0.4 is 21.3 Å². The summed E-state index contributed by atoms with van der Waals surface area (Å²) in [5.41, 5.74) is -3.34. The Bertz CT molecular complexity index is 1090. The van der Waals surface area contributed by atoms with Gasteiger partial charge >= 0.3 is 12.1 Å². The van der Waals surface area contributed by atoms with Crippen molar-refractivity contribution in [2.75, 3.05) is 7.11 Å². The molecule has 11 nitrogen and oxygen atoms in total. The highest BCUT2D eigenvalue weighted by atomic mass is 16.6. The second-order valence-corrected chi connectivity index (χ2v) is 15.4. The number of alkyl carbamates (subject to hydrolysis) is 1. The number of hydrogen-bond donors (Lipinski definition) is 4. The third-order valence-corrected chi connectivity index (χ3v) is 9.68. The van der Waals surface area contributed by atoms with Gasteiger partial charge in [-0.2, -0.15) is 0 Å². The molecule has 11 heteroatoms. The van der Waals surface area contributed by atoms with E-state index in [1.54, 1.807) is 34.6 Å². The largest absolute Gasteiger partial charge is 0.467 e. The van der Waals surface area contributed by atoms with Crippen LogP contribution in [0.15, 0.2) is 0 Å².